The van der Waals surface area contributed by atoms with Gasteiger partial charge in [-0.05, 0) is 52.7 Å². The maximum atomic E-state index is 13.2. The number of aryl methyl sites for hydroxylation is 1. The number of esters is 1. The summed E-state index contributed by atoms with van der Waals surface area (Å²) in [5.41, 5.74) is -1.34. The first-order valence-corrected chi connectivity index (χ1v) is 9.82. The van der Waals surface area contributed by atoms with Crippen LogP contribution < -0.4 is 0 Å². The number of rotatable bonds is 5. The molecule has 0 saturated heterocycles. The first kappa shape index (κ1) is 19.1. The molecule has 2 rings (SSSR count). The van der Waals surface area contributed by atoms with Crippen molar-refractivity contribution in [2.24, 2.45) is 5.41 Å². The smallest absolute Gasteiger partial charge is 0.314 e. The summed E-state index contributed by atoms with van der Waals surface area (Å²) in [6.45, 7) is 7.41. The molecule has 0 heterocycles. The summed E-state index contributed by atoms with van der Waals surface area (Å²) < 4.78 is 18.3. The summed E-state index contributed by atoms with van der Waals surface area (Å²) >= 11 is 0. The largest absolute Gasteiger partial charge is 0.465 e. The summed E-state index contributed by atoms with van der Waals surface area (Å²) in [4.78, 5) is 13.1. The second kappa shape index (κ2) is 7.36. The maximum absolute atomic E-state index is 13.2. The minimum absolute atomic E-state index is 0.268. The van der Waals surface area contributed by atoms with Crippen molar-refractivity contribution in [3.8, 4) is 0 Å². The summed E-state index contributed by atoms with van der Waals surface area (Å²) in [7, 11) is -1.37. The molecule has 1 fully saturated rings. The fraction of sp³-hybridized carbons (Fsp3) is 0.632. The molecular weight excluding hydrogens is 324 g/mol. The van der Waals surface area contributed by atoms with Crippen LogP contribution in [-0.4, -0.2) is 32.7 Å². The Hall–Kier alpha value is -1.20. The molecular formula is C19H28O4S. The Morgan fingerprint density at radius 3 is 2.54 bits per heavy atom. The normalized spacial score (nSPS) is 26.0. The van der Waals surface area contributed by atoms with E-state index in [1.54, 1.807) is 20.8 Å². The number of ether oxygens (including phenoxy) is 1. The monoisotopic (exact) mass is 352 g/mol. The molecule has 5 heteroatoms. The van der Waals surface area contributed by atoms with Crippen molar-refractivity contribution in [2.75, 3.05) is 6.61 Å². The number of carbonyl (C=O) groups excluding carboxylic acids is 1. The van der Waals surface area contributed by atoms with Gasteiger partial charge >= 0.3 is 5.97 Å². The van der Waals surface area contributed by atoms with Gasteiger partial charge in [0.05, 0.1) is 33.7 Å². The molecule has 0 aromatic heterocycles. The summed E-state index contributed by atoms with van der Waals surface area (Å²) in [5, 5.41) is 11.0. The van der Waals surface area contributed by atoms with E-state index in [4.69, 9.17) is 4.74 Å². The van der Waals surface area contributed by atoms with Crippen molar-refractivity contribution in [1.82, 2.24) is 0 Å². The van der Waals surface area contributed by atoms with Gasteiger partial charge in [-0.2, -0.15) is 0 Å². The lowest BCUT2D eigenvalue weighted by molar-refractivity contribution is -0.174. The van der Waals surface area contributed by atoms with Crippen molar-refractivity contribution >= 4 is 16.8 Å². The van der Waals surface area contributed by atoms with Crippen LogP contribution in [0.2, 0.25) is 0 Å². The molecule has 1 aliphatic carbocycles. The minimum atomic E-state index is -1.37. The molecule has 0 amide bonds. The van der Waals surface area contributed by atoms with Crippen molar-refractivity contribution in [3.05, 3.63) is 29.8 Å². The summed E-state index contributed by atoms with van der Waals surface area (Å²) in [6.07, 6.45) is 2.82. The predicted molar refractivity (Wildman–Crippen MR) is 95.2 cm³/mol. The lowest BCUT2D eigenvalue weighted by Gasteiger charge is -2.48. The standard InChI is InChI=1S/C19H28O4S/c1-5-23-17(20)18(3,4)19(21)13-7-6-8-16(19)24(22)15-11-9-14(2)10-12-15/h9-12,16,21H,5-8,13H2,1-4H3/t16-,19+,24-/m0/s1. The van der Waals surface area contributed by atoms with Crippen LogP contribution in [0.1, 0.15) is 52.0 Å². The van der Waals surface area contributed by atoms with Gasteiger partial charge in [0.25, 0.3) is 0 Å². The van der Waals surface area contributed by atoms with Gasteiger partial charge in [0.15, 0.2) is 0 Å². The molecule has 1 aromatic carbocycles. The lowest BCUT2D eigenvalue weighted by atomic mass is 9.66. The van der Waals surface area contributed by atoms with Gasteiger partial charge < -0.3 is 9.84 Å². The van der Waals surface area contributed by atoms with Crippen LogP contribution in [0.15, 0.2) is 29.2 Å². The van der Waals surface area contributed by atoms with Gasteiger partial charge in [-0.25, -0.2) is 0 Å². The quantitative estimate of drug-likeness (QED) is 0.825. The lowest BCUT2D eigenvalue weighted by Crippen LogP contribution is -2.60. The van der Waals surface area contributed by atoms with Gasteiger partial charge in [-0.3, -0.25) is 9.00 Å². The highest BCUT2D eigenvalue weighted by Crippen LogP contribution is 2.46. The van der Waals surface area contributed by atoms with E-state index < -0.39 is 33.0 Å². The number of benzene rings is 1. The fourth-order valence-corrected chi connectivity index (χ4v) is 5.33. The molecule has 4 nitrogen and oxygen atoms in total. The molecule has 0 spiro atoms. The van der Waals surface area contributed by atoms with E-state index in [0.717, 1.165) is 18.4 Å². The average molecular weight is 352 g/mol. The Morgan fingerprint density at radius 1 is 1.33 bits per heavy atom. The van der Waals surface area contributed by atoms with E-state index in [-0.39, 0.29) is 6.61 Å². The van der Waals surface area contributed by atoms with E-state index in [9.17, 15) is 14.1 Å². The fourth-order valence-electron chi connectivity index (χ4n) is 3.45. The van der Waals surface area contributed by atoms with Crippen LogP contribution in [0.4, 0.5) is 0 Å². The van der Waals surface area contributed by atoms with Crippen molar-refractivity contribution in [1.29, 1.82) is 0 Å². The molecule has 134 valence electrons. The second-order valence-corrected chi connectivity index (χ2v) is 8.75. The number of carbonyl (C=O) groups is 1. The predicted octanol–water partition coefficient (Wildman–Crippen LogP) is 3.37. The minimum Gasteiger partial charge on any atom is -0.465 e. The van der Waals surface area contributed by atoms with E-state index in [1.807, 2.05) is 31.2 Å². The van der Waals surface area contributed by atoms with Crippen molar-refractivity contribution in [3.63, 3.8) is 0 Å². The van der Waals surface area contributed by atoms with Crippen LogP contribution in [0.3, 0.4) is 0 Å². The van der Waals surface area contributed by atoms with Gasteiger partial charge in [0.2, 0.25) is 0 Å². The van der Waals surface area contributed by atoms with E-state index in [1.165, 1.54) is 0 Å². The molecule has 0 bridgehead atoms. The van der Waals surface area contributed by atoms with Gasteiger partial charge in [0.1, 0.15) is 0 Å². The highest BCUT2D eigenvalue weighted by atomic mass is 32.2. The van der Waals surface area contributed by atoms with Gasteiger partial charge in [0, 0.05) is 4.90 Å². The zero-order valence-electron chi connectivity index (χ0n) is 15.0. The van der Waals surface area contributed by atoms with E-state index in [0.29, 0.717) is 17.7 Å². The summed E-state index contributed by atoms with van der Waals surface area (Å²) in [5.74, 6) is -0.430. The second-order valence-electron chi connectivity index (χ2n) is 7.11. The molecule has 0 unspecified atom stereocenters. The Morgan fingerprint density at radius 2 is 1.96 bits per heavy atom. The zero-order valence-corrected chi connectivity index (χ0v) is 15.8. The Labute approximate surface area is 147 Å². The number of aliphatic hydroxyl groups is 1. The van der Waals surface area contributed by atoms with Gasteiger partial charge in [-0.15, -0.1) is 0 Å². The molecule has 0 radical (unpaired) electrons. The molecule has 3 atom stereocenters. The first-order valence-electron chi connectivity index (χ1n) is 8.61. The average Bonchev–Trinajstić information content (AvgIpc) is 2.55. The van der Waals surface area contributed by atoms with Crippen molar-refractivity contribution in [2.45, 2.75) is 69.1 Å². The molecule has 24 heavy (non-hydrogen) atoms. The highest BCUT2D eigenvalue weighted by Gasteiger charge is 2.57. The van der Waals surface area contributed by atoms with Crippen LogP contribution in [-0.2, 0) is 20.3 Å². The summed E-state index contributed by atoms with van der Waals surface area (Å²) in [6, 6.07) is 7.53. The van der Waals surface area contributed by atoms with Gasteiger partial charge in [-0.1, -0.05) is 30.5 Å². The Kier molecular flexibility index (Phi) is 5.87. The van der Waals surface area contributed by atoms with Crippen LogP contribution in [0, 0.1) is 12.3 Å². The maximum Gasteiger partial charge on any atom is 0.314 e. The van der Waals surface area contributed by atoms with Crippen LogP contribution in [0.25, 0.3) is 0 Å². The molecule has 1 aliphatic rings. The van der Waals surface area contributed by atoms with Crippen LogP contribution >= 0.6 is 0 Å². The molecule has 0 aliphatic heterocycles. The van der Waals surface area contributed by atoms with Crippen LogP contribution in [0.5, 0.6) is 0 Å². The van der Waals surface area contributed by atoms with E-state index >= 15 is 0 Å². The SMILES string of the molecule is CCOC(=O)C(C)(C)[C@@]1(O)CCCC[C@@H]1[S@@](=O)c1ccc(C)cc1. The highest BCUT2D eigenvalue weighted by molar-refractivity contribution is 7.85. The Balaban J connectivity index is 2.37. The topological polar surface area (TPSA) is 63.6 Å². The third-order valence-corrected chi connectivity index (χ3v) is 7.07. The first-order chi connectivity index (χ1) is 11.2. The number of hydrogen-bond donors (Lipinski definition) is 1. The third-order valence-electron chi connectivity index (χ3n) is 5.19. The number of hydrogen-bond acceptors (Lipinski definition) is 4. The van der Waals surface area contributed by atoms with E-state index in [2.05, 4.69) is 0 Å². The molecule has 1 N–H and O–H groups in total. The third kappa shape index (κ3) is 3.42. The molecule has 1 aromatic rings. The zero-order chi connectivity index (χ0) is 18.0. The molecule has 1 saturated carbocycles. The van der Waals surface area contributed by atoms with Crippen molar-refractivity contribution < 1.29 is 18.8 Å². The Bertz CT molecular complexity index is 608.